The number of anilines is 1. The molecule has 18 heteroatoms. The van der Waals surface area contributed by atoms with E-state index >= 15 is 0 Å². The van der Waals surface area contributed by atoms with Crippen LogP contribution in [0, 0.1) is 0 Å². The summed E-state index contributed by atoms with van der Waals surface area (Å²) >= 11 is 1.20. The second kappa shape index (κ2) is 13.4. The molecule has 1 saturated heterocycles. The molecule has 16 nitrogen and oxygen atoms in total. The number of carbonyl (C=O) groups is 2. The number of thiophene rings is 1. The van der Waals surface area contributed by atoms with Crippen LogP contribution in [0.15, 0.2) is 11.7 Å². The van der Waals surface area contributed by atoms with Crippen molar-refractivity contribution in [3.63, 3.8) is 0 Å². The molecule has 224 valence electrons. The number of hydrogen-bond acceptors (Lipinski definition) is 17. The first-order valence-electron chi connectivity index (χ1n) is 12.0. The molecule has 0 radical (unpaired) electrons. The Hall–Kier alpha value is -2.63. The van der Waals surface area contributed by atoms with E-state index in [1.54, 1.807) is 33.1 Å². The Morgan fingerprint density at radius 3 is 2.23 bits per heavy atom. The standard InChI is InChI=1S/C22H32N3O13PS/c1-11(2)36-20(27)31-9-34-39(30,35-10-32-21(28)37-12(3)4)33-6-14-17(26)22(5,29)18(38-14)16-15-13(7-40-16)19(23)25-8-24-15/h7-8,11-12,14,17-18,26,29H,6,9-10H2,1-5H3,(H2,23,24,25)/t14-,17-,18+,22-/m1/s1. The van der Waals surface area contributed by atoms with E-state index in [9.17, 15) is 24.4 Å². The van der Waals surface area contributed by atoms with Crippen LogP contribution in [0.4, 0.5) is 15.4 Å². The van der Waals surface area contributed by atoms with Crippen LogP contribution in [-0.4, -0.2) is 82.7 Å². The number of hydrogen-bond donors (Lipinski definition) is 3. The van der Waals surface area contributed by atoms with Gasteiger partial charge in [-0.1, -0.05) is 0 Å². The van der Waals surface area contributed by atoms with Gasteiger partial charge in [0.05, 0.1) is 34.6 Å². The van der Waals surface area contributed by atoms with Crippen molar-refractivity contribution in [1.82, 2.24) is 9.97 Å². The zero-order chi connectivity index (χ0) is 29.7. The van der Waals surface area contributed by atoms with Crippen molar-refractivity contribution in [1.29, 1.82) is 0 Å². The number of nitrogens with two attached hydrogens (primary N) is 1. The molecule has 0 unspecified atom stereocenters. The third-order valence-corrected chi connectivity index (χ3v) is 7.64. The van der Waals surface area contributed by atoms with Crippen molar-refractivity contribution in [3.8, 4) is 0 Å². The molecule has 0 amide bonds. The van der Waals surface area contributed by atoms with Gasteiger partial charge in [0, 0.05) is 5.38 Å². The monoisotopic (exact) mass is 609 g/mol. The van der Waals surface area contributed by atoms with Crippen LogP contribution in [0.1, 0.15) is 45.6 Å². The van der Waals surface area contributed by atoms with Gasteiger partial charge in [0.2, 0.25) is 13.6 Å². The molecule has 1 aliphatic rings. The van der Waals surface area contributed by atoms with Crippen LogP contribution in [0.25, 0.3) is 10.9 Å². The maximum Gasteiger partial charge on any atom is 0.510 e. The molecular formula is C22H32N3O13PS. The smallest absolute Gasteiger partial charge is 0.432 e. The zero-order valence-electron chi connectivity index (χ0n) is 22.4. The van der Waals surface area contributed by atoms with Gasteiger partial charge >= 0.3 is 20.1 Å². The van der Waals surface area contributed by atoms with E-state index in [1.807, 2.05) is 0 Å². The number of phosphoric acid groups is 1. The molecular weight excluding hydrogens is 577 g/mol. The minimum absolute atomic E-state index is 0.236. The fraction of sp³-hybridized carbons (Fsp3) is 0.636. The van der Waals surface area contributed by atoms with Gasteiger partial charge in [-0.15, -0.1) is 11.3 Å². The fourth-order valence-electron chi connectivity index (χ4n) is 3.47. The molecule has 0 spiro atoms. The molecule has 40 heavy (non-hydrogen) atoms. The van der Waals surface area contributed by atoms with Crippen molar-refractivity contribution >= 4 is 48.2 Å². The number of aliphatic hydroxyl groups excluding tert-OH is 1. The molecule has 0 aliphatic carbocycles. The predicted molar refractivity (Wildman–Crippen MR) is 137 cm³/mol. The molecule has 0 bridgehead atoms. The van der Waals surface area contributed by atoms with E-state index < -0.39 is 76.4 Å². The molecule has 0 saturated carbocycles. The van der Waals surface area contributed by atoms with Crippen molar-refractivity contribution in [2.75, 3.05) is 25.9 Å². The van der Waals surface area contributed by atoms with Crippen molar-refractivity contribution in [2.24, 2.45) is 0 Å². The molecule has 3 rings (SSSR count). The van der Waals surface area contributed by atoms with E-state index in [0.717, 1.165) is 0 Å². The summed E-state index contributed by atoms with van der Waals surface area (Å²) in [5.74, 6) is 0.236. The number of ether oxygens (including phenoxy) is 5. The minimum Gasteiger partial charge on any atom is -0.432 e. The lowest BCUT2D eigenvalue weighted by molar-refractivity contribution is -0.0633. The minimum atomic E-state index is -4.62. The Morgan fingerprint density at radius 2 is 1.68 bits per heavy atom. The lowest BCUT2D eigenvalue weighted by Gasteiger charge is -2.26. The lowest BCUT2D eigenvalue weighted by atomic mass is 9.92. The van der Waals surface area contributed by atoms with Crippen LogP contribution in [0.3, 0.4) is 0 Å². The zero-order valence-corrected chi connectivity index (χ0v) is 24.1. The Bertz CT molecular complexity index is 1190. The second-order valence-electron chi connectivity index (χ2n) is 9.21. The first-order chi connectivity index (χ1) is 18.7. The number of rotatable bonds is 12. The molecule has 2 aromatic rings. The Morgan fingerprint density at radius 1 is 1.10 bits per heavy atom. The van der Waals surface area contributed by atoms with E-state index in [4.69, 9.17) is 33.5 Å². The largest absolute Gasteiger partial charge is 0.510 e. The number of nitrogen functional groups attached to an aromatic ring is 1. The van der Waals surface area contributed by atoms with Gasteiger partial charge in [0.25, 0.3) is 0 Å². The highest BCUT2D eigenvalue weighted by Gasteiger charge is 2.54. The molecule has 3 heterocycles. The maximum absolute atomic E-state index is 13.2. The van der Waals surface area contributed by atoms with Crippen molar-refractivity contribution in [2.45, 2.75) is 70.7 Å². The van der Waals surface area contributed by atoms with Gasteiger partial charge in [0.1, 0.15) is 36.1 Å². The summed E-state index contributed by atoms with van der Waals surface area (Å²) in [4.78, 5) is 31.8. The van der Waals surface area contributed by atoms with Gasteiger partial charge in [-0.2, -0.15) is 0 Å². The molecule has 4 N–H and O–H groups in total. The summed E-state index contributed by atoms with van der Waals surface area (Å²) < 4.78 is 53.3. The lowest BCUT2D eigenvalue weighted by Crippen LogP contribution is -2.43. The first-order valence-corrected chi connectivity index (χ1v) is 14.3. The van der Waals surface area contributed by atoms with E-state index in [1.165, 1.54) is 24.6 Å². The normalized spacial score (nSPS) is 23.1. The summed E-state index contributed by atoms with van der Waals surface area (Å²) in [6, 6.07) is 0. The van der Waals surface area contributed by atoms with Crippen LogP contribution in [0.5, 0.6) is 0 Å². The number of aliphatic hydroxyl groups is 2. The summed E-state index contributed by atoms with van der Waals surface area (Å²) in [5.41, 5.74) is 4.50. The topological polar surface area (TPSA) is 217 Å². The fourth-order valence-corrected chi connectivity index (χ4v) is 5.56. The van der Waals surface area contributed by atoms with Crippen LogP contribution < -0.4 is 5.73 Å². The quantitative estimate of drug-likeness (QED) is 0.179. The molecule has 2 aromatic heterocycles. The van der Waals surface area contributed by atoms with E-state index in [0.29, 0.717) is 15.8 Å². The van der Waals surface area contributed by atoms with Crippen LogP contribution >= 0.6 is 19.2 Å². The van der Waals surface area contributed by atoms with Gasteiger partial charge in [0.15, 0.2) is 0 Å². The third-order valence-electron chi connectivity index (χ3n) is 5.32. The van der Waals surface area contributed by atoms with Gasteiger partial charge in [-0.05, 0) is 34.6 Å². The number of aromatic nitrogens is 2. The number of nitrogens with zero attached hydrogens (tertiary/aromatic N) is 2. The maximum atomic E-state index is 13.2. The highest BCUT2D eigenvalue weighted by molar-refractivity contribution is 7.48. The number of fused-ring (bicyclic) bond motifs is 1. The van der Waals surface area contributed by atoms with Crippen LogP contribution in [0.2, 0.25) is 0 Å². The summed E-state index contributed by atoms with van der Waals surface area (Å²) in [6.07, 6.45) is -5.78. The van der Waals surface area contributed by atoms with Gasteiger partial charge < -0.3 is 39.6 Å². The highest BCUT2D eigenvalue weighted by atomic mass is 32.1. The number of carbonyl (C=O) groups excluding carboxylic acids is 2. The van der Waals surface area contributed by atoms with Gasteiger partial charge in [-0.25, -0.2) is 33.2 Å². The molecule has 1 aliphatic heterocycles. The van der Waals surface area contributed by atoms with E-state index in [-0.39, 0.29) is 5.82 Å². The Labute approximate surface area is 233 Å². The average Bonchev–Trinajstić information content (AvgIpc) is 3.36. The second-order valence-corrected chi connectivity index (χ2v) is 11.8. The van der Waals surface area contributed by atoms with Crippen molar-refractivity contribution < 1.29 is 61.6 Å². The number of phosphoric ester groups is 1. The Balaban J connectivity index is 1.69. The Kier molecular flexibility index (Phi) is 10.6. The summed E-state index contributed by atoms with van der Waals surface area (Å²) in [7, 11) is -4.62. The molecule has 4 atom stereocenters. The third kappa shape index (κ3) is 7.98. The summed E-state index contributed by atoms with van der Waals surface area (Å²) in [5, 5.41) is 24.2. The average molecular weight is 610 g/mol. The predicted octanol–water partition coefficient (Wildman–Crippen LogP) is 3.02. The molecule has 1 fully saturated rings. The van der Waals surface area contributed by atoms with Crippen molar-refractivity contribution in [3.05, 3.63) is 16.6 Å². The van der Waals surface area contributed by atoms with Crippen LogP contribution in [-0.2, 0) is 41.8 Å². The first kappa shape index (κ1) is 31.9. The van der Waals surface area contributed by atoms with E-state index in [2.05, 4.69) is 19.4 Å². The van der Waals surface area contributed by atoms with Gasteiger partial charge in [-0.3, -0.25) is 4.52 Å². The SMILES string of the molecule is CC(C)OC(=O)OCOP(=O)(OCOC(=O)OC(C)C)OC[C@H]1O[C@@H](c2scc3c(N)ncnc23)[C@](C)(O)[C@@H]1O. The molecule has 0 aromatic carbocycles. The summed E-state index contributed by atoms with van der Waals surface area (Å²) in [6.45, 7) is 5.23. The highest BCUT2D eigenvalue weighted by Crippen LogP contribution is 2.52.